The molecule has 0 aliphatic heterocycles. The van der Waals surface area contributed by atoms with Crippen molar-refractivity contribution < 1.29 is 28.9 Å². The zero-order valence-corrected chi connectivity index (χ0v) is 17.5. The maximum atomic E-state index is 12.4. The predicted octanol–water partition coefficient (Wildman–Crippen LogP) is 4.07. The van der Waals surface area contributed by atoms with E-state index in [4.69, 9.17) is 14.2 Å². The van der Waals surface area contributed by atoms with E-state index < -0.39 is 11.1 Å². The van der Waals surface area contributed by atoms with E-state index in [2.05, 4.69) is 9.82 Å². The van der Waals surface area contributed by atoms with Crippen molar-refractivity contribution in [2.75, 3.05) is 13.7 Å². The largest absolute Gasteiger partial charge is 0.491 e. The molecule has 3 rings (SSSR count). The van der Waals surface area contributed by atoms with Gasteiger partial charge in [0.25, 0.3) is 5.09 Å². The van der Waals surface area contributed by atoms with Crippen molar-refractivity contribution in [2.45, 2.75) is 33.0 Å². The molecular formula is C22H24N2O7. The van der Waals surface area contributed by atoms with E-state index in [1.54, 1.807) is 26.0 Å². The average molecular weight is 428 g/mol. The molecule has 0 spiro atoms. The van der Waals surface area contributed by atoms with Crippen LogP contribution in [0, 0.1) is 10.1 Å². The third kappa shape index (κ3) is 5.44. The van der Waals surface area contributed by atoms with Crippen molar-refractivity contribution >= 4 is 16.9 Å². The molecule has 0 unspecified atom stereocenters. The molecule has 2 aromatic carbocycles. The Morgan fingerprint density at radius 2 is 1.94 bits per heavy atom. The van der Waals surface area contributed by atoms with Crippen LogP contribution in [0.25, 0.3) is 10.9 Å². The minimum absolute atomic E-state index is 0.135. The van der Waals surface area contributed by atoms with Gasteiger partial charge in [0.15, 0.2) is 11.5 Å². The molecule has 164 valence electrons. The van der Waals surface area contributed by atoms with Crippen LogP contribution in [0.2, 0.25) is 0 Å². The van der Waals surface area contributed by atoms with Crippen LogP contribution in [-0.2, 0) is 22.6 Å². The lowest BCUT2D eigenvalue weighted by atomic mass is 10.1. The lowest BCUT2D eigenvalue weighted by Crippen LogP contribution is -2.11. The molecule has 0 atom stereocenters. The van der Waals surface area contributed by atoms with Crippen LogP contribution in [0.1, 0.15) is 35.5 Å². The zero-order valence-electron chi connectivity index (χ0n) is 17.5. The fourth-order valence-corrected chi connectivity index (χ4v) is 3.18. The smallest absolute Gasteiger partial charge is 0.355 e. The van der Waals surface area contributed by atoms with Crippen LogP contribution < -0.4 is 9.47 Å². The Hall–Kier alpha value is -3.75. The standard InChI is InChI=1S/C22H24N2O7/c1-14(2)31-22(25)18-12-17-16(9-10-30-24(26)27)11-19(21(28-3)20(17)23-18)29-13-15-7-5-4-6-8-15/h4-8,11-12,14,23H,9-10,13H2,1-3H3. The molecule has 0 amide bonds. The summed E-state index contributed by atoms with van der Waals surface area (Å²) >= 11 is 0. The summed E-state index contributed by atoms with van der Waals surface area (Å²) in [7, 11) is 1.51. The van der Waals surface area contributed by atoms with E-state index in [0.717, 1.165) is 5.56 Å². The van der Waals surface area contributed by atoms with Gasteiger partial charge in [0.05, 0.1) is 18.7 Å². The normalized spacial score (nSPS) is 10.8. The SMILES string of the molecule is COc1c(OCc2ccccc2)cc(CCO[N+](=O)[O-])c2cc(C(=O)OC(C)C)[nH]c12. The lowest BCUT2D eigenvalue weighted by Gasteiger charge is -2.14. The van der Waals surface area contributed by atoms with Gasteiger partial charge < -0.3 is 24.0 Å². The zero-order chi connectivity index (χ0) is 22.4. The second-order valence-electron chi connectivity index (χ2n) is 7.07. The minimum Gasteiger partial charge on any atom is -0.491 e. The Morgan fingerprint density at radius 3 is 2.58 bits per heavy atom. The number of aromatic nitrogens is 1. The second-order valence-corrected chi connectivity index (χ2v) is 7.07. The Kier molecular flexibility index (Phi) is 6.96. The van der Waals surface area contributed by atoms with Gasteiger partial charge in [-0.05, 0) is 43.5 Å². The topological polar surface area (TPSA) is 113 Å². The number of aromatic amines is 1. The van der Waals surface area contributed by atoms with Crippen LogP contribution in [0.3, 0.4) is 0 Å². The summed E-state index contributed by atoms with van der Waals surface area (Å²) in [5.74, 6) is 0.363. The number of benzene rings is 2. The summed E-state index contributed by atoms with van der Waals surface area (Å²) in [6.07, 6.45) is -0.0433. The van der Waals surface area contributed by atoms with Crippen LogP contribution in [0.15, 0.2) is 42.5 Å². The third-order valence-electron chi connectivity index (χ3n) is 4.49. The van der Waals surface area contributed by atoms with Gasteiger partial charge in [-0.25, -0.2) is 4.79 Å². The van der Waals surface area contributed by atoms with E-state index >= 15 is 0 Å². The highest BCUT2D eigenvalue weighted by Gasteiger charge is 2.21. The first-order chi connectivity index (χ1) is 14.9. The van der Waals surface area contributed by atoms with Crippen molar-refractivity contribution in [3.8, 4) is 11.5 Å². The number of hydrogen-bond acceptors (Lipinski definition) is 7. The molecule has 0 bridgehead atoms. The summed E-state index contributed by atoms with van der Waals surface area (Å²) in [4.78, 5) is 30.5. The van der Waals surface area contributed by atoms with E-state index in [1.807, 2.05) is 30.3 Å². The van der Waals surface area contributed by atoms with Crippen molar-refractivity contribution in [1.82, 2.24) is 4.98 Å². The fourth-order valence-electron chi connectivity index (χ4n) is 3.18. The lowest BCUT2D eigenvalue weighted by molar-refractivity contribution is -0.757. The number of ether oxygens (including phenoxy) is 3. The molecule has 0 radical (unpaired) electrons. The number of nitrogens with zero attached hydrogens (tertiary/aromatic N) is 1. The van der Waals surface area contributed by atoms with Crippen LogP contribution in [0.5, 0.6) is 11.5 Å². The van der Waals surface area contributed by atoms with Crippen molar-refractivity contribution in [1.29, 1.82) is 0 Å². The van der Waals surface area contributed by atoms with Gasteiger partial charge in [-0.3, -0.25) is 0 Å². The number of fused-ring (bicyclic) bond motifs is 1. The third-order valence-corrected chi connectivity index (χ3v) is 4.49. The number of methoxy groups -OCH3 is 1. The van der Waals surface area contributed by atoms with E-state index in [-0.39, 0.29) is 24.8 Å². The molecule has 0 saturated heterocycles. The highest BCUT2D eigenvalue weighted by Crippen LogP contribution is 2.39. The van der Waals surface area contributed by atoms with Crippen LogP contribution >= 0.6 is 0 Å². The Labute approximate surface area is 179 Å². The molecule has 1 heterocycles. The van der Waals surface area contributed by atoms with Gasteiger partial charge in [-0.15, -0.1) is 10.1 Å². The second kappa shape index (κ2) is 9.84. The highest BCUT2D eigenvalue weighted by molar-refractivity contribution is 5.99. The molecule has 9 nitrogen and oxygen atoms in total. The average Bonchev–Trinajstić information content (AvgIpc) is 3.18. The molecule has 0 fully saturated rings. The summed E-state index contributed by atoms with van der Waals surface area (Å²) in [5, 5.41) is 10.4. The van der Waals surface area contributed by atoms with Crippen LogP contribution in [0.4, 0.5) is 0 Å². The van der Waals surface area contributed by atoms with Gasteiger partial charge in [-0.2, -0.15) is 0 Å². The number of carbonyl (C=O) groups is 1. The first-order valence-corrected chi connectivity index (χ1v) is 9.76. The number of carbonyl (C=O) groups excluding carboxylic acids is 1. The number of rotatable bonds is 10. The molecule has 0 saturated carbocycles. The minimum atomic E-state index is -0.837. The van der Waals surface area contributed by atoms with Gasteiger partial charge in [-0.1, -0.05) is 30.3 Å². The maximum Gasteiger partial charge on any atom is 0.355 e. The molecule has 31 heavy (non-hydrogen) atoms. The summed E-state index contributed by atoms with van der Waals surface area (Å²) in [6, 6.07) is 13.0. The molecular weight excluding hydrogens is 404 g/mol. The molecule has 0 aliphatic carbocycles. The van der Waals surface area contributed by atoms with E-state index in [9.17, 15) is 14.9 Å². The van der Waals surface area contributed by atoms with Crippen molar-refractivity contribution in [2.24, 2.45) is 0 Å². The molecule has 3 aromatic rings. The Morgan fingerprint density at radius 1 is 1.19 bits per heavy atom. The number of nitrogens with one attached hydrogen (secondary N) is 1. The van der Waals surface area contributed by atoms with Gasteiger partial charge in [0.1, 0.15) is 18.9 Å². The summed E-state index contributed by atoms with van der Waals surface area (Å²) < 4.78 is 16.8. The van der Waals surface area contributed by atoms with E-state index in [1.165, 1.54) is 7.11 Å². The number of hydrogen-bond donors (Lipinski definition) is 1. The van der Waals surface area contributed by atoms with Gasteiger partial charge in [0, 0.05) is 5.39 Å². The number of H-pyrrole nitrogens is 1. The maximum absolute atomic E-state index is 12.4. The monoisotopic (exact) mass is 428 g/mol. The quantitative estimate of drug-likeness (QED) is 0.294. The molecule has 1 aromatic heterocycles. The number of esters is 1. The van der Waals surface area contributed by atoms with Gasteiger partial charge in [0.2, 0.25) is 0 Å². The highest BCUT2D eigenvalue weighted by atomic mass is 16.9. The van der Waals surface area contributed by atoms with Crippen LogP contribution in [-0.4, -0.2) is 35.9 Å². The molecule has 0 aliphatic rings. The Bertz CT molecular complexity index is 1060. The summed E-state index contributed by atoms with van der Waals surface area (Å²) in [5.41, 5.74) is 2.47. The summed E-state index contributed by atoms with van der Waals surface area (Å²) in [6.45, 7) is 3.69. The predicted molar refractivity (Wildman–Crippen MR) is 113 cm³/mol. The van der Waals surface area contributed by atoms with E-state index in [0.29, 0.717) is 34.6 Å². The molecule has 9 heteroatoms. The first kappa shape index (κ1) is 21.9. The van der Waals surface area contributed by atoms with Crippen molar-refractivity contribution in [3.63, 3.8) is 0 Å². The Balaban J connectivity index is 2.00. The fraction of sp³-hybridized carbons (Fsp3) is 0.318. The van der Waals surface area contributed by atoms with Crippen molar-refractivity contribution in [3.05, 3.63) is 69.4 Å². The molecule has 1 N–H and O–H groups in total. The first-order valence-electron chi connectivity index (χ1n) is 9.76. The van der Waals surface area contributed by atoms with Gasteiger partial charge >= 0.3 is 5.97 Å².